The number of amides is 2. The molecule has 0 radical (unpaired) electrons. The third-order valence-electron chi connectivity index (χ3n) is 8.24. The molecule has 11 nitrogen and oxygen atoms in total. The molecule has 0 aromatic heterocycles. The van der Waals surface area contributed by atoms with E-state index in [9.17, 15) is 29.4 Å². The Morgan fingerprint density at radius 3 is 2.33 bits per heavy atom. The molecule has 0 spiro atoms. The molecule has 2 aromatic carbocycles. The number of ether oxygens (including phenoxy) is 3. The van der Waals surface area contributed by atoms with Gasteiger partial charge in [-0.3, -0.25) is 14.4 Å². The highest BCUT2D eigenvalue weighted by molar-refractivity contribution is 6.32. The average molecular weight is 687 g/mol. The number of aliphatic hydroxyl groups is 2. The van der Waals surface area contributed by atoms with Gasteiger partial charge in [0.15, 0.2) is 6.10 Å². The fourth-order valence-corrected chi connectivity index (χ4v) is 5.45. The zero-order valence-corrected chi connectivity index (χ0v) is 29.0. The lowest BCUT2D eigenvalue weighted by Gasteiger charge is -2.32. The predicted molar refractivity (Wildman–Crippen MR) is 180 cm³/mol. The molecule has 1 unspecified atom stereocenters. The Morgan fingerprint density at radius 1 is 1.02 bits per heavy atom. The van der Waals surface area contributed by atoms with Gasteiger partial charge in [-0.2, -0.15) is 0 Å². The first-order valence-electron chi connectivity index (χ1n) is 16.0. The molecule has 48 heavy (non-hydrogen) atoms. The van der Waals surface area contributed by atoms with E-state index in [1.165, 1.54) is 19.3 Å². The Balaban J connectivity index is 1.96. The van der Waals surface area contributed by atoms with Gasteiger partial charge in [0.25, 0.3) is 0 Å². The lowest BCUT2D eigenvalue weighted by molar-refractivity contribution is -0.181. The molecule has 0 saturated carbocycles. The van der Waals surface area contributed by atoms with Crippen LogP contribution in [0.2, 0.25) is 5.02 Å². The standard InChI is InChI=1S/C36H47ClN2O9/c1-21(2)17-29-34(44)47-27(22(3)31(41)32(42)24-11-8-7-9-12-24)13-10-14-30(40)39-26(19-23-15-16-28(46-6)25(37)18-23)33(43)38-20-36(4,5)35(45)48-29/h7-12,14-16,18,21-22,26-27,29,31-32,41-42H,13,17,19-20H2,1-6H3,(H,38,43)(H,39,40)/b14-10+/t22-,26?,27-,29-,31+,32+/m0/s1. The van der Waals surface area contributed by atoms with Crippen molar-refractivity contribution in [2.24, 2.45) is 17.3 Å². The van der Waals surface area contributed by atoms with E-state index in [0.717, 1.165) is 0 Å². The van der Waals surface area contributed by atoms with Crippen LogP contribution in [0.5, 0.6) is 5.75 Å². The van der Waals surface area contributed by atoms with Crippen LogP contribution in [0.3, 0.4) is 0 Å². The molecule has 0 fully saturated rings. The highest BCUT2D eigenvalue weighted by Crippen LogP contribution is 2.29. The Morgan fingerprint density at radius 2 is 1.71 bits per heavy atom. The van der Waals surface area contributed by atoms with Crippen LogP contribution in [0.15, 0.2) is 60.7 Å². The third-order valence-corrected chi connectivity index (χ3v) is 8.53. The molecular formula is C36H47ClN2O9. The minimum atomic E-state index is -1.35. The number of hydrogen-bond acceptors (Lipinski definition) is 9. The quantitative estimate of drug-likeness (QED) is 0.285. The fourth-order valence-electron chi connectivity index (χ4n) is 5.17. The maximum atomic E-state index is 13.5. The van der Waals surface area contributed by atoms with Gasteiger partial charge in [-0.1, -0.05) is 74.8 Å². The number of esters is 2. The lowest BCUT2D eigenvalue weighted by atomic mass is 9.89. The normalized spacial score (nSPS) is 23.6. The smallest absolute Gasteiger partial charge is 0.347 e. The molecule has 3 rings (SSSR count). The highest BCUT2D eigenvalue weighted by atomic mass is 35.5. The van der Waals surface area contributed by atoms with Gasteiger partial charge in [0.05, 0.1) is 23.7 Å². The number of rotatable bonds is 9. The lowest BCUT2D eigenvalue weighted by Crippen LogP contribution is -2.51. The molecule has 1 aliphatic rings. The molecule has 2 amide bonds. The van der Waals surface area contributed by atoms with E-state index in [4.69, 9.17) is 25.8 Å². The largest absolute Gasteiger partial charge is 0.495 e. The summed E-state index contributed by atoms with van der Waals surface area (Å²) < 4.78 is 16.8. The Kier molecular flexibility index (Phi) is 14.0. The van der Waals surface area contributed by atoms with Gasteiger partial charge in [0.2, 0.25) is 11.8 Å². The minimum absolute atomic E-state index is 0.0301. The first kappa shape index (κ1) is 38.5. The van der Waals surface area contributed by atoms with Gasteiger partial charge in [-0.15, -0.1) is 0 Å². The van der Waals surface area contributed by atoms with E-state index in [0.29, 0.717) is 21.9 Å². The zero-order valence-electron chi connectivity index (χ0n) is 28.3. The first-order valence-corrected chi connectivity index (χ1v) is 16.4. The molecule has 12 heteroatoms. The van der Waals surface area contributed by atoms with Crippen LogP contribution >= 0.6 is 11.6 Å². The molecule has 262 valence electrons. The average Bonchev–Trinajstić information content (AvgIpc) is 3.04. The molecule has 0 bridgehead atoms. The van der Waals surface area contributed by atoms with Crippen LogP contribution in [0.25, 0.3) is 0 Å². The van der Waals surface area contributed by atoms with E-state index < -0.39 is 65.5 Å². The summed E-state index contributed by atoms with van der Waals surface area (Å²) in [7, 11) is 1.49. The number of methoxy groups -OCH3 is 1. The molecule has 6 atom stereocenters. The molecule has 0 saturated heterocycles. The van der Waals surface area contributed by atoms with Crippen molar-refractivity contribution in [3.63, 3.8) is 0 Å². The van der Waals surface area contributed by atoms with Crippen LogP contribution in [0, 0.1) is 17.3 Å². The molecule has 4 N–H and O–H groups in total. The van der Waals surface area contributed by atoms with E-state index in [-0.39, 0.29) is 31.7 Å². The number of carbonyl (C=O) groups excluding carboxylic acids is 4. The van der Waals surface area contributed by atoms with Crippen molar-refractivity contribution in [2.75, 3.05) is 13.7 Å². The summed E-state index contributed by atoms with van der Waals surface area (Å²) in [6.07, 6.45) is -2.05. The molecule has 1 aliphatic heterocycles. The molecule has 0 aliphatic carbocycles. The third kappa shape index (κ3) is 10.8. The second-order valence-corrected chi connectivity index (χ2v) is 13.6. The van der Waals surface area contributed by atoms with Crippen LogP contribution in [0.4, 0.5) is 0 Å². The van der Waals surface area contributed by atoms with Crippen LogP contribution in [0.1, 0.15) is 64.7 Å². The SMILES string of the molecule is COc1ccc(CC2NC(=O)/C=C/C[C@@H]([C@H](C)[C@@H](O)[C@H](O)c3ccccc3)OC(=O)[C@H](CC(C)C)OC(=O)C(C)(C)CNC2=O)cc1Cl. The van der Waals surface area contributed by atoms with Crippen molar-refractivity contribution >= 4 is 35.4 Å². The van der Waals surface area contributed by atoms with E-state index in [1.54, 1.807) is 69.3 Å². The van der Waals surface area contributed by atoms with Gasteiger partial charge in [-0.25, -0.2) is 4.79 Å². The molecule has 2 aromatic rings. The fraction of sp³-hybridized carbons (Fsp3) is 0.500. The number of aliphatic hydroxyl groups excluding tert-OH is 2. The van der Waals surface area contributed by atoms with Gasteiger partial charge in [0.1, 0.15) is 24.0 Å². The minimum Gasteiger partial charge on any atom is -0.495 e. The summed E-state index contributed by atoms with van der Waals surface area (Å²) in [6.45, 7) is 8.34. The summed E-state index contributed by atoms with van der Waals surface area (Å²) in [5, 5.41) is 27.9. The summed E-state index contributed by atoms with van der Waals surface area (Å²) in [4.78, 5) is 53.5. The van der Waals surface area contributed by atoms with E-state index >= 15 is 0 Å². The maximum Gasteiger partial charge on any atom is 0.347 e. The van der Waals surface area contributed by atoms with Crippen molar-refractivity contribution in [1.82, 2.24) is 10.6 Å². The van der Waals surface area contributed by atoms with E-state index in [2.05, 4.69) is 10.6 Å². The molecule has 1 heterocycles. The number of carbonyl (C=O) groups is 4. The van der Waals surface area contributed by atoms with Gasteiger partial charge in [0, 0.05) is 25.3 Å². The number of benzene rings is 2. The Bertz CT molecular complexity index is 1450. The maximum absolute atomic E-state index is 13.5. The van der Waals surface area contributed by atoms with Crippen LogP contribution in [-0.2, 0) is 35.1 Å². The molecular weight excluding hydrogens is 640 g/mol. The monoisotopic (exact) mass is 686 g/mol. The summed E-state index contributed by atoms with van der Waals surface area (Å²) in [5.74, 6) is -3.11. The number of hydrogen-bond donors (Lipinski definition) is 4. The van der Waals surface area contributed by atoms with Crippen molar-refractivity contribution in [2.45, 2.75) is 84.3 Å². The predicted octanol–water partition coefficient (Wildman–Crippen LogP) is 4.08. The second kappa shape index (κ2) is 17.5. The van der Waals surface area contributed by atoms with Gasteiger partial charge < -0.3 is 35.1 Å². The summed E-state index contributed by atoms with van der Waals surface area (Å²) in [5.41, 5.74) is -0.132. The van der Waals surface area contributed by atoms with E-state index in [1.807, 2.05) is 13.8 Å². The van der Waals surface area contributed by atoms with Crippen molar-refractivity contribution in [3.8, 4) is 5.75 Å². The summed E-state index contributed by atoms with van der Waals surface area (Å²) in [6, 6.07) is 12.6. The first-order chi connectivity index (χ1) is 22.6. The van der Waals surface area contributed by atoms with Crippen LogP contribution in [-0.4, -0.2) is 72.0 Å². The summed E-state index contributed by atoms with van der Waals surface area (Å²) >= 11 is 6.30. The van der Waals surface area contributed by atoms with Crippen molar-refractivity contribution < 1.29 is 43.6 Å². The van der Waals surface area contributed by atoms with Crippen molar-refractivity contribution in [1.29, 1.82) is 0 Å². The Labute approximate surface area is 287 Å². The number of halogens is 1. The Hall–Kier alpha value is -3.93. The number of nitrogens with one attached hydrogen (secondary N) is 2. The van der Waals surface area contributed by atoms with Crippen LogP contribution < -0.4 is 15.4 Å². The van der Waals surface area contributed by atoms with Gasteiger partial charge in [-0.05, 0) is 55.5 Å². The topological polar surface area (TPSA) is 160 Å². The second-order valence-electron chi connectivity index (χ2n) is 13.2. The number of cyclic esters (lactones) is 2. The highest BCUT2D eigenvalue weighted by Gasteiger charge is 2.38. The van der Waals surface area contributed by atoms with Gasteiger partial charge >= 0.3 is 11.9 Å². The van der Waals surface area contributed by atoms with Crippen molar-refractivity contribution in [3.05, 3.63) is 76.8 Å². The zero-order chi connectivity index (χ0) is 35.6.